The molecule has 110 valence electrons. The summed E-state index contributed by atoms with van der Waals surface area (Å²) in [6.07, 6.45) is -3.58. The van der Waals surface area contributed by atoms with Gasteiger partial charge in [-0.05, 0) is 36.3 Å². The van der Waals surface area contributed by atoms with Crippen molar-refractivity contribution in [2.75, 3.05) is 0 Å². The highest BCUT2D eigenvalue weighted by atomic mass is 35.5. The van der Waals surface area contributed by atoms with Gasteiger partial charge in [0.1, 0.15) is 5.82 Å². The molecule has 0 N–H and O–H groups in total. The topological polar surface area (TPSA) is 56.0 Å². The third-order valence-electron chi connectivity index (χ3n) is 2.44. The van der Waals surface area contributed by atoms with Gasteiger partial charge in [-0.25, -0.2) is 4.98 Å². The Morgan fingerprint density at radius 3 is 2.71 bits per heavy atom. The average Bonchev–Trinajstić information content (AvgIpc) is 2.96. The summed E-state index contributed by atoms with van der Waals surface area (Å²) >= 11 is 8.05. The standard InChI is InChI=1S/C10H5ClF3N5S2/c1-4-15-9(21-18-4)20-8-17-16-7-6(11)2-5(3-19(7)8)10(12,13)14/h2-3H,1H3. The van der Waals surface area contributed by atoms with Crippen LogP contribution < -0.4 is 0 Å². The van der Waals surface area contributed by atoms with E-state index >= 15 is 0 Å². The number of pyridine rings is 1. The lowest BCUT2D eigenvalue weighted by Gasteiger charge is -2.08. The van der Waals surface area contributed by atoms with Crippen LogP contribution in [0.3, 0.4) is 0 Å². The van der Waals surface area contributed by atoms with Crippen molar-refractivity contribution in [3.63, 3.8) is 0 Å². The monoisotopic (exact) mass is 351 g/mol. The van der Waals surface area contributed by atoms with Crippen LogP contribution in [0.1, 0.15) is 11.4 Å². The Kier molecular flexibility index (Phi) is 3.54. The number of hydrogen-bond donors (Lipinski definition) is 0. The van der Waals surface area contributed by atoms with Crippen LogP contribution in [0.2, 0.25) is 5.02 Å². The van der Waals surface area contributed by atoms with Gasteiger partial charge in [-0.15, -0.1) is 10.2 Å². The molecule has 11 heteroatoms. The van der Waals surface area contributed by atoms with Crippen molar-refractivity contribution in [3.05, 3.63) is 28.7 Å². The van der Waals surface area contributed by atoms with E-state index in [1.807, 2.05) is 0 Å². The molecule has 3 aromatic rings. The van der Waals surface area contributed by atoms with Gasteiger partial charge < -0.3 is 0 Å². The lowest BCUT2D eigenvalue weighted by Crippen LogP contribution is -2.07. The maximum atomic E-state index is 12.8. The van der Waals surface area contributed by atoms with Crippen molar-refractivity contribution in [2.45, 2.75) is 22.6 Å². The predicted molar refractivity (Wildman–Crippen MR) is 71.8 cm³/mol. The number of halogens is 4. The molecule has 0 aromatic carbocycles. The SMILES string of the molecule is Cc1nsc(Sc2nnc3c(Cl)cc(C(F)(F)F)cn23)n1. The number of nitrogens with zero attached hydrogens (tertiary/aromatic N) is 5. The molecule has 3 rings (SSSR count). The lowest BCUT2D eigenvalue weighted by atomic mass is 10.3. The van der Waals surface area contributed by atoms with Gasteiger partial charge in [0.25, 0.3) is 0 Å². The van der Waals surface area contributed by atoms with Crippen LogP contribution in [-0.2, 0) is 6.18 Å². The van der Waals surface area contributed by atoms with E-state index in [4.69, 9.17) is 11.6 Å². The molecule has 0 atom stereocenters. The molecule has 21 heavy (non-hydrogen) atoms. The molecule has 0 unspecified atom stereocenters. The maximum Gasteiger partial charge on any atom is 0.417 e. The molecule has 0 spiro atoms. The van der Waals surface area contributed by atoms with Crippen molar-refractivity contribution < 1.29 is 13.2 Å². The van der Waals surface area contributed by atoms with Gasteiger partial charge in [-0.3, -0.25) is 4.40 Å². The second-order valence-corrected chi connectivity index (χ2v) is 6.33. The molecule has 0 saturated carbocycles. The molecule has 0 radical (unpaired) electrons. The predicted octanol–water partition coefficient (Wildman–Crippen LogP) is 3.71. The summed E-state index contributed by atoms with van der Waals surface area (Å²) in [5, 5.41) is 7.77. The lowest BCUT2D eigenvalue weighted by molar-refractivity contribution is -0.137. The fourth-order valence-corrected chi connectivity index (χ4v) is 3.36. The molecule has 3 heterocycles. The molecule has 0 bridgehead atoms. The van der Waals surface area contributed by atoms with E-state index in [-0.39, 0.29) is 15.8 Å². The van der Waals surface area contributed by atoms with Crippen LogP contribution in [0.5, 0.6) is 0 Å². The molecular formula is C10H5ClF3N5S2. The summed E-state index contributed by atoms with van der Waals surface area (Å²) in [5.41, 5.74) is -0.705. The molecule has 3 aromatic heterocycles. The fraction of sp³-hybridized carbons (Fsp3) is 0.200. The second-order valence-electron chi connectivity index (χ2n) is 3.96. The van der Waals surface area contributed by atoms with Crippen LogP contribution in [0, 0.1) is 6.92 Å². The van der Waals surface area contributed by atoms with Gasteiger partial charge in [-0.2, -0.15) is 17.5 Å². The second kappa shape index (κ2) is 5.11. The van der Waals surface area contributed by atoms with Crippen LogP contribution in [0.4, 0.5) is 13.2 Å². The van der Waals surface area contributed by atoms with Crippen LogP contribution in [-0.4, -0.2) is 24.0 Å². The van der Waals surface area contributed by atoms with Gasteiger partial charge in [0.2, 0.25) is 5.16 Å². The molecule has 0 aliphatic carbocycles. The van der Waals surface area contributed by atoms with Crippen molar-refractivity contribution in [3.8, 4) is 0 Å². The molecule has 0 amide bonds. The van der Waals surface area contributed by atoms with Crippen LogP contribution >= 0.6 is 34.9 Å². The Morgan fingerprint density at radius 2 is 2.10 bits per heavy atom. The smallest absolute Gasteiger partial charge is 0.275 e. The summed E-state index contributed by atoms with van der Waals surface area (Å²) in [4.78, 5) is 4.12. The number of rotatable bonds is 2. The Bertz CT molecular complexity index is 813. The summed E-state index contributed by atoms with van der Waals surface area (Å²) in [7, 11) is 0. The van der Waals surface area contributed by atoms with Crippen LogP contribution in [0.25, 0.3) is 5.65 Å². The zero-order valence-corrected chi connectivity index (χ0v) is 12.6. The summed E-state index contributed by atoms with van der Waals surface area (Å²) in [6, 6.07) is 0.828. The normalized spacial score (nSPS) is 12.2. The van der Waals surface area contributed by atoms with Crippen molar-refractivity contribution in [2.24, 2.45) is 0 Å². The van der Waals surface area contributed by atoms with Gasteiger partial charge >= 0.3 is 6.18 Å². The van der Waals surface area contributed by atoms with E-state index in [1.54, 1.807) is 6.92 Å². The molecule has 5 nitrogen and oxygen atoms in total. The summed E-state index contributed by atoms with van der Waals surface area (Å²) in [6.45, 7) is 1.72. The Labute approximate surface area is 129 Å². The average molecular weight is 352 g/mol. The minimum atomic E-state index is -4.50. The van der Waals surface area contributed by atoms with Crippen LogP contribution in [0.15, 0.2) is 21.8 Å². The first kappa shape index (κ1) is 14.5. The van der Waals surface area contributed by atoms with E-state index in [1.165, 1.54) is 4.40 Å². The summed E-state index contributed by atoms with van der Waals surface area (Å²) < 4.78 is 44.2. The Morgan fingerprint density at radius 1 is 1.33 bits per heavy atom. The minimum absolute atomic E-state index is 0.113. The van der Waals surface area contributed by atoms with Gasteiger partial charge in [0.05, 0.1) is 10.6 Å². The highest BCUT2D eigenvalue weighted by molar-refractivity contribution is 8.00. The molecule has 0 aliphatic rings. The highest BCUT2D eigenvalue weighted by Gasteiger charge is 2.32. The number of aromatic nitrogens is 5. The summed E-state index contributed by atoms with van der Waals surface area (Å²) in [5.74, 6) is 0.588. The zero-order chi connectivity index (χ0) is 15.2. The number of fused-ring (bicyclic) bond motifs is 1. The van der Waals surface area contributed by atoms with E-state index in [9.17, 15) is 13.2 Å². The third-order valence-corrected chi connectivity index (χ3v) is 4.52. The number of aryl methyl sites for hydroxylation is 1. The van der Waals surface area contributed by atoms with E-state index in [2.05, 4.69) is 19.6 Å². The van der Waals surface area contributed by atoms with E-state index in [0.717, 1.165) is 35.6 Å². The maximum absolute atomic E-state index is 12.8. The van der Waals surface area contributed by atoms with Crippen molar-refractivity contribution in [1.82, 2.24) is 24.0 Å². The van der Waals surface area contributed by atoms with E-state index < -0.39 is 11.7 Å². The van der Waals surface area contributed by atoms with Gasteiger partial charge in [0.15, 0.2) is 9.99 Å². The van der Waals surface area contributed by atoms with Crippen molar-refractivity contribution in [1.29, 1.82) is 0 Å². The number of alkyl halides is 3. The third kappa shape index (κ3) is 2.83. The first-order valence-electron chi connectivity index (χ1n) is 5.44. The van der Waals surface area contributed by atoms with E-state index in [0.29, 0.717) is 10.2 Å². The first-order chi connectivity index (χ1) is 9.84. The number of hydrogen-bond acceptors (Lipinski definition) is 6. The molecular weight excluding hydrogens is 347 g/mol. The minimum Gasteiger partial charge on any atom is -0.275 e. The highest BCUT2D eigenvalue weighted by Crippen LogP contribution is 2.34. The van der Waals surface area contributed by atoms with Gasteiger partial charge in [0, 0.05) is 6.20 Å². The Hall–Kier alpha value is -1.39. The first-order valence-corrected chi connectivity index (χ1v) is 7.41. The van der Waals surface area contributed by atoms with Gasteiger partial charge in [-0.1, -0.05) is 11.6 Å². The quantitative estimate of drug-likeness (QED) is 0.704. The molecule has 0 aliphatic heterocycles. The Balaban J connectivity index is 2.09. The largest absolute Gasteiger partial charge is 0.417 e. The molecule has 0 fully saturated rings. The fourth-order valence-electron chi connectivity index (χ4n) is 1.56. The van der Waals surface area contributed by atoms with Crippen molar-refractivity contribution >= 4 is 40.5 Å². The zero-order valence-electron chi connectivity index (χ0n) is 10.2. The molecule has 0 saturated heterocycles.